The van der Waals surface area contributed by atoms with Crippen molar-refractivity contribution in [3.05, 3.63) is 64.3 Å². The molecular weight excluding hydrogens is 350 g/mol. The molecule has 0 N–H and O–H groups in total. The summed E-state index contributed by atoms with van der Waals surface area (Å²) in [5, 5.41) is 2.71. The molecule has 1 aliphatic carbocycles. The molecule has 1 fully saturated rings. The van der Waals surface area contributed by atoms with Crippen LogP contribution in [0, 0.1) is 20.8 Å². The lowest BCUT2D eigenvalue weighted by molar-refractivity contribution is -0.665. The molecule has 0 saturated heterocycles. The highest BCUT2D eigenvalue weighted by atomic mass is 14.9. The molecule has 1 heteroatoms. The minimum atomic E-state index is 0.162. The van der Waals surface area contributed by atoms with E-state index in [2.05, 4.69) is 89.6 Å². The molecule has 152 valence electrons. The van der Waals surface area contributed by atoms with Crippen LogP contribution in [0.5, 0.6) is 0 Å². The second kappa shape index (κ2) is 7.27. The second-order valence-electron chi connectivity index (χ2n) is 10.2. The van der Waals surface area contributed by atoms with Crippen molar-refractivity contribution >= 4 is 10.8 Å². The highest BCUT2D eigenvalue weighted by Crippen LogP contribution is 2.39. The maximum atomic E-state index is 2.50. The average molecular weight is 387 g/mol. The number of aromatic nitrogens is 1. The van der Waals surface area contributed by atoms with E-state index in [1.807, 2.05) is 0 Å². The fraction of sp³-hybridized carbons (Fsp3) is 0.464. The van der Waals surface area contributed by atoms with E-state index in [9.17, 15) is 0 Å². The minimum Gasteiger partial charge on any atom is -0.198 e. The highest BCUT2D eigenvalue weighted by molar-refractivity contribution is 5.94. The maximum absolute atomic E-state index is 2.50. The summed E-state index contributed by atoms with van der Waals surface area (Å²) in [4.78, 5) is 0. The minimum absolute atomic E-state index is 0.162. The number of rotatable bonds is 2. The van der Waals surface area contributed by atoms with E-state index >= 15 is 0 Å². The van der Waals surface area contributed by atoms with E-state index in [0.29, 0.717) is 0 Å². The van der Waals surface area contributed by atoms with Crippen LogP contribution in [0.1, 0.15) is 80.3 Å². The van der Waals surface area contributed by atoms with Gasteiger partial charge in [-0.2, -0.15) is 4.57 Å². The number of pyridine rings is 1. The quantitative estimate of drug-likeness (QED) is 0.410. The van der Waals surface area contributed by atoms with E-state index in [1.165, 1.54) is 70.1 Å². The molecule has 3 aromatic rings. The lowest BCUT2D eigenvalue weighted by Gasteiger charge is -2.20. The summed E-state index contributed by atoms with van der Waals surface area (Å²) in [6.45, 7) is 13.7. The van der Waals surface area contributed by atoms with Crippen molar-refractivity contribution in [1.82, 2.24) is 0 Å². The van der Waals surface area contributed by atoms with Crippen molar-refractivity contribution in [3.63, 3.8) is 0 Å². The summed E-state index contributed by atoms with van der Waals surface area (Å²) in [6.07, 6.45) is 5.45. The van der Waals surface area contributed by atoms with Crippen molar-refractivity contribution < 1.29 is 4.57 Å². The molecule has 4 rings (SSSR count). The summed E-state index contributed by atoms with van der Waals surface area (Å²) in [5.41, 5.74) is 10.0. The molecular formula is C28H36N+. The normalized spacial score (nSPS) is 15.4. The van der Waals surface area contributed by atoms with E-state index in [1.54, 1.807) is 5.56 Å². The Hall–Kier alpha value is -2.15. The van der Waals surface area contributed by atoms with Gasteiger partial charge in [0.05, 0.1) is 10.9 Å². The van der Waals surface area contributed by atoms with Gasteiger partial charge in [-0.15, -0.1) is 0 Å². The molecule has 1 aliphatic rings. The average Bonchev–Trinajstić information content (AvgIpc) is 3.19. The zero-order valence-corrected chi connectivity index (χ0v) is 19.3. The Labute approximate surface area is 176 Å². The highest BCUT2D eigenvalue weighted by Gasteiger charge is 2.25. The molecule has 0 radical (unpaired) electrons. The molecule has 0 aliphatic heterocycles. The third-order valence-corrected chi connectivity index (χ3v) is 7.17. The first-order valence-electron chi connectivity index (χ1n) is 11.2. The van der Waals surface area contributed by atoms with Crippen LogP contribution in [0.3, 0.4) is 0 Å². The van der Waals surface area contributed by atoms with Gasteiger partial charge in [-0.1, -0.05) is 51.8 Å². The third-order valence-electron chi connectivity index (χ3n) is 7.17. The topological polar surface area (TPSA) is 3.88 Å². The van der Waals surface area contributed by atoms with Gasteiger partial charge in [0, 0.05) is 13.0 Å². The van der Waals surface area contributed by atoms with Gasteiger partial charge >= 0.3 is 0 Å². The van der Waals surface area contributed by atoms with Gasteiger partial charge in [0.2, 0.25) is 5.69 Å². The van der Waals surface area contributed by atoms with Crippen molar-refractivity contribution in [2.24, 2.45) is 7.05 Å². The third kappa shape index (κ3) is 3.61. The Balaban J connectivity index is 1.99. The van der Waals surface area contributed by atoms with Gasteiger partial charge in [-0.3, -0.25) is 0 Å². The van der Waals surface area contributed by atoms with E-state index in [-0.39, 0.29) is 5.41 Å². The summed E-state index contributed by atoms with van der Waals surface area (Å²) in [6, 6.07) is 14.4. The number of hydrogen-bond donors (Lipinski definition) is 0. The summed E-state index contributed by atoms with van der Waals surface area (Å²) in [7, 11) is 2.22. The summed E-state index contributed by atoms with van der Waals surface area (Å²) >= 11 is 0. The van der Waals surface area contributed by atoms with Gasteiger partial charge in [-0.05, 0) is 77.8 Å². The van der Waals surface area contributed by atoms with Crippen LogP contribution in [0.2, 0.25) is 0 Å². The molecule has 29 heavy (non-hydrogen) atoms. The maximum Gasteiger partial charge on any atom is 0.220 e. The molecule has 0 atom stereocenters. The van der Waals surface area contributed by atoms with Gasteiger partial charge in [0.25, 0.3) is 0 Å². The van der Waals surface area contributed by atoms with Crippen molar-refractivity contribution in [3.8, 4) is 11.3 Å². The second-order valence-corrected chi connectivity index (χ2v) is 10.2. The number of benzene rings is 2. The standard InChI is InChI=1S/C28H36N/c1-18-14-22(21-10-8-9-11-21)17-26(20(18)3)27-25-13-12-24(28(4,5)6)16-23(25)15-19(2)29(27)7/h12-17,21H,8-11H2,1-7H3/q+1. The number of fused-ring (bicyclic) bond motifs is 1. The fourth-order valence-electron chi connectivity index (χ4n) is 5.00. The Kier molecular flexibility index (Phi) is 5.05. The molecule has 1 nitrogen and oxygen atoms in total. The van der Waals surface area contributed by atoms with Gasteiger partial charge in [0.15, 0.2) is 5.69 Å². The smallest absolute Gasteiger partial charge is 0.198 e. The molecule has 1 heterocycles. The van der Waals surface area contributed by atoms with Crippen LogP contribution in [-0.4, -0.2) is 0 Å². The van der Waals surface area contributed by atoms with E-state index in [4.69, 9.17) is 0 Å². The molecule has 0 amide bonds. The zero-order valence-electron chi connectivity index (χ0n) is 19.3. The SMILES string of the molecule is Cc1cc(C2CCCC2)cc(-c2c3ccc(C(C)(C)C)cc3cc(C)[n+]2C)c1C. The Bertz CT molecular complexity index is 1080. The number of aryl methyl sites for hydroxylation is 2. The van der Waals surface area contributed by atoms with Gasteiger partial charge in [-0.25, -0.2) is 0 Å². The fourth-order valence-corrected chi connectivity index (χ4v) is 5.00. The summed E-state index contributed by atoms with van der Waals surface area (Å²) < 4.78 is 2.39. The van der Waals surface area contributed by atoms with E-state index < -0.39 is 0 Å². The first kappa shape index (κ1) is 20.1. The van der Waals surface area contributed by atoms with Crippen molar-refractivity contribution in [2.45, 2.75) is 78.6 Å². The monoisotopic (exact) mass is 386 g/mol. The lowest BCUT2D eigenvalue weighted by Crippen LogP contribution is -2.35. The molecule has 1 aromatic heterocycles. The van der Waals surface area contributed by atoms with Gasteiger partial charge in [0.1, 0.15) is 7.05 Å². The van der Waals surface area contributed by atoms with Crippen molar-refractivity contribution in [1.29, 1.82) is 0 Å². The van der Waals surface area contributed by atoms with Crippen LogP contribution >= 0.6 is 0 Å². The number of hydrogen-bond acceptors (Lipinski definition) is 0. The van der Waals surface area contributed by atoms with Crippen LogP contribution in [0.4, 0.5) is 0 Å². The Morgan fingerprint density at radius 1 is 0.897 bits per heavy atom. The first-order chi connectivity index (χ1) is 13.7. The summed E-state index contributed by atoms with van der Waals surface area (Å²) in [5.74, 6) is 0.738. The molecule has 2 aromatic carbocycles. The van der Waals surface area contributed by atoms with Crippen LogP contribution in [0.15, 0.2) is 36.4 Å². The van der Waals surface area contributed by atoms with E-state index in [0.717, 1.165) is 5.92 Å². The zero-order chi connectivity index (χ0) is 20.9. The lowest BCUT2D eigenvalue weighted by atomic mass is 9.84. The first-order valence-corrected chi connectivity index (χ1v) is 11.2. The van der Waals surface area contributed by atoms with Crippen molar-refractivity contribution in [2.75, 3.05) is 0 Å². The van der Waals surface area contributed by atoms with Crippen LogP contribution in [-0.2, 0) is 12.5 Å². The largest absolute Gasteiger partial charge is 0.220 e. The molecule has 0 bridgehead atoms. The molecule has 0 unspecified atom stereocenters. The van der Waals surface area contributed by atoms with Crippen LogP contribution in [0.25, 0.3) is 22.0 Å². The Morgan fingerprint density at radius 3 is 2.24 bits per heavy atom. The molecule has 0 spiro atoms. The Morgan fingerprint density at radius 2 is 1.59 bits per heavy atom. The predicted octanol–water partition coefficient (Wildman–Crippen LogP) is 7.21. The van der Waals surface area contributed by atoms with Crippen LogP contribution < -0.4 is 4.57 Å². The predicted molar refractivity (Wildman–Crippen MR) is 125 cm³/mol. The van der Waals surface area contributed by atoms with Gasteiger partial charge < -0.3 is 0 Å². The number of nitrogens with zero attached hydrogens (tertiary/aromatic N) is 1. The molecule has 1 saturated carbocycles.